The van der Waals surface area contributed by atoms with Gasteiger partial charge in [0.15, 0.2) is 5.70 Å². The number of nitrogens with one attached hydrogen (secondary N) is 1. The molecule has 0 bridgehead atoms. The van der Waals surface area contributed by atoms with Gasteiger partial charge in [0.05, 0.1) is 16.3 Å². The molecule has 0 amide bonds. The molecule has 0 radical (unpaired) electrons. The molecular weight excluding hydrogens is 219 g/mol. The second kappa shape index (κ2) is 4.64. The zero-order valence-corrected chi connectivity index (χ0v) is 8.35. The van der Waals surface area contributed by atoms with Crippen LogP contribution in [0.5, 0.6) is 0 Å². The molecule has 0 spiro atoms. The molecule has 0 aromatic heterocycles. The van der Waals surface area contributed by atoms with Crippen molar-refractivity contribution in [2.75, 3.05) is 0 Å². The average molecular weight is 227 g/mol. The molecule has 0 heterocycles. The highest BCUT2D eigenvalue weighted by atomic mass is 35.5. The van der Waals surface area contributed by atoms with E-state index >= 15 is 0 Å². The molecule has 4 nitrogen and oxygen atoms in total. The Bertz CT molecular complexity index is 430. The molecule has 0 fully saturated rings. The molecule has 1 aromatic rings. The molecular formula is C9H8ClFN4. The summed E-state index contributed by atoms with van der Waals surface area (Å²) in [7, 11) is 0. The van der Waals surface area contributed by atoms with E-state index in [9.17, 15) is 4.39 Å². The summed E-state index contributed by atoms with van der Waals surface area (Å²) in [4.78, 5) is 0. The van der Waals surface area contributed by atoms with Crippen molar-refractivity contribution >= 4 is 17.3 Å². The lowest BCUT2D eigenvalue weighted by molar-refractivity contribution is 0.623. The number of nitriles is 1. The fourth-order valence-corrected chi connectivity index (χ4v) is 1.32. The molecule has 0 atom stereocenters. The summed E-state index contributed by atoms with van der Waals surface area (Å²) in [5.74, 6) is 4.44. The normalized spacial score (nSPS) is 11.6. The van der Waals surface area contributed by atoms with Gasteiger partial charge in [-0.25, -0.2) is 10.2 Å². The fraction of sp³-hybridized carbons (Fsp3) is 0. The monoisotopic (exact) mass is 226 g/mol. The minimum absolute atomic E-state index is 0.0336. The zero-order chi connectivity index (χ0) is 11.4. The van der Waals surface area contributed by atoms with E-state index in [1.165, 1.54) is 18.2 Å². The Balaban J connectivity index is 3.41. The maximum atomic E-state index is 13.4. The fourth-order valence-electron chi connectivity index (χ4n) is 1.05. The van der Waals surface area contributed by atoms with Gasteiger partial charge in [-0.2, -0.15) is 5.26 Å². The van der Waals surface area contributed by atoms with Crippen LogP contribution in [0.25, 0.3) is 5.70 Å². The smallest absolute Gasteiger partial charge is 0.151 e. The van der Waals surface area contributed by atoms with Crippen LogP contribution in [-0.4, -0.2) is 0 Å². The second-order valence-electron chi connectivity index (χ2n) is 2.64. The molecule has 0 aliphatic heterocycles. The van der Waals surface area contributed by atoms with Crippen molar-refractivity contribution in [3.05, 3.63) is 40.3 Å². The predicted octanol–water partition coefficient (Wildman–Crippen LogP) is 1.09. The zero-order valence-electron chi connectivity index (χ0n) is 7.59. The number of hydrogen-bond donors (Lipinski definition) is 3. The number of nitrogens with zero attached hydrogens (tertiary/aromatic N) is 1. The molecule has 0 aliphatic rings. The summed E-state index contributed by atoms with van der Waals surface area (Å²) in [6.45, 7) is 0. The molecule has 0 unspecified atom stereocenters. The van der Waals surface area contributed by atoms with E-state index < -0.39 is 5.82 Å². The molecule has 6 heteroatoms. The molecule has 5 N–H and O–H groups in total. The van der Waals surface area contributed by atoms with Gasteiger partial charge in [0.1, 0.15) is 11.9 Å². The maximum Gasteiger partial charge on any atom is 0.151 e. The van der Waals surface area contributed by atoms with Gasteiger partial charge in [0.25, 0.3) is 0 Å². The third kappa shape index (κ3) is 2.18. The van der Waals surface area contributed by atoms with Gasteiger partial charge in [-0.3, -0.25) is 0 Å². The summed E-state index contributed by atoms with van der Waals surface area (Å²) < 4.78 is 13.4. The quantitative estimate of drug-likeness (QED) is 0.400. The van der Waals surface area contributed by atoms with Crippen molar-refractivity contribution in [3.63, 3.8) is 0 Å². The van der Waals surface area contributed by atoms with Crippen molar-refractivity contribution in [2.24, 2.45) is 11.6 Å². The number of benzene rings is 1. The SMILES string of the molecule is N#C/C(NN)=C(/N)c1c(F)cccc1Cl. The first-order chi connectivity index (χ1) is 7.11. The Hall–Kier alpha value is -1.77. The van der Waals surface area contributed by atoms with Crippen molar-refractivity contribution in [2.45, 2.75) is 0 Å². The lowest BCUT2D eigenvalue weighted by Crippen LogP contribution is -2.23. The summed E-state index contributed by atoms with van der Waals surface area (Å²) in [5.41, 5.74) is 7.33. The summed E-state index contributed by atoms with van der Waals surface area (Å²) in [6.07, 6.45) is 0. The van der Waals surface area contributed by atoms with Crippen molar-refractivity contribution in [1.82, 2.24) is 5.43 Å². The largest absolute Gasteiger partial charge is 0.396 e. The van der Waals surface area contributed by atoms with Crippen LogP contribution in [-0.2, 0) is 0 Å². The maximum absolute atomic E-state index is 13.4. The molecule has 78 valence electrons. The Morgan fingerprint density at radius 2 is 2.20 bits per heavy atom. The van der Waals surface area contributed by atoms with E-state index in [0.717, 1.165) is 0 Å². The lowest BCUT2D eigenvalue weighted by Gasteiger charge is -2.07. The van der Waals surface area contributed by atoms with Crippen LogP contribution >= 0.6 is 11.6 Å². The first-order valence-corrected chi connectivity index (χ1v) is 4.30. The highest BCUT2D eigenvalue weighted by molar-refractivity contribution is 6.32. The Labute approximate surface area is 90.9 Å². The van der Waals surface area contributed by atoms with Crippen molar-refractivity contribution in [3.8, 4) is 6.07 Å². The number of hydrazine groups is 1. The number of allylic oxidation sites excluding steroid dienone is 1. The standard InChI is InChI=1S/C9H8ClFN4/c10-5-2-1-3-6(11)8(5)9(13)7(4-12)15-14/h1-3,15H,13-14H2/b9-7-. The van der Waals surface area contributed by atoms with E-state index in [4.69, 9.17) is 28.4 Å². The third-order valence-electron chi connectivity index (χ3n) is 1.76. The van der Waals surface area contributed by atoms with Gasteiger partial charge in [0.2, 0.25) is 0 Å². The van der Waals surface area contributed by atoms with Gasteiger partial charge >= 0.3 is 0 Å². The molecule has 0 saturated carbocycles. The van der Waals surface area contributed by atoms with E-state index in [-0.39, 0.29) is 22.0 Å². The molecule has 0 saturated heterocycles. The average Bonchev–Trinajstić information content (AvgIpc) is 2.19. The van der Waals surface area contributed by atoms with E-state index in [1.807, 2.05) is 0 Å². The summed E-state index contributed by atoms with van der Waals surface area (Å²) in [6, 6.07) is 5.80. The number of nitrogens with two attached hydrogens (primary N) is 2. The second-order valence-corrected chi connectivity index (χ2v) is 3.05. The van der Waals surface area contributed by atoms with Gasteiger partial charge in [-0.05, 0) is 12.1 Å². The highest BCUT2D eigenvalue weighted by Gasteiger charge is 2.13. The van der Waals surface area contributed by atoms with Gasteiger partial charge in [-0.15, -0.1) is 0 Å². The summed E-state index contributed by atoms with van der Waals surface area (Å²) in [5, 5.41) is 8.76. The summed E-state index contributed by atoms with van der Waals surface area (Å²) >= 11 is 5.75. The van der Waals surface area contributed by atoms with Gasteiger partial charge in [-0.1, -0.05) is 17.7 Å². The van der Waals surface area contributed by atoms with Crippen LogP contribution in [0.1, 0.15) is 5.56 Å². The first-order valence-electron chi connectivity index (χ1n) is 3.92. The van der Waals surface area contributed by atoms with E-state index in [0.29, 0.717) is 0 Å². The molecule has 15 heavy (non-hydrogen) atoms. The van der Waals surface area contributed by atoms with Gasteiger partial charge < -0.3 is 11.2 Å². The number of halogens is 2. The molecule has 0 aliphatic carbocycles. The molecule has 1 rings (SSSR count). The number of hydrogen-bond acceptors (Lipinski definition) is 4. The van der Waals surface area contributed by atoms with E-state index in [1.54, 1.807) is 6.07 Å². The predicted molar refractivity (Wildman–Crippen MR) is 55.5 cm³/mol. The van der Waals surface area contributed by atoms with Crippen molar-refractivity contribution in [1.29, 1.82) is 5.26 Å². The Morgan fingerprint density at radius 1 is 1.53 bits per heavy atom. The van der Waals surface area contributed by atoms with Crippen LogP contribution in [0.2, 0.25) is 5.02 Å². The van der Waals surface area contributed by atoms with Crippen LogP contribution < -0.4 is 17.0 Å². The minimum atomic E-state index is -0.608. The van der Waals surface area contributed by atoms with Crippen LogP contribution in [0.4, 0.5) is 4.39 Å². The minimum Gasteiger partial charge on any atom is -0.396 e. The van der Waals surface area contributed by atoms with Crippen LogP contribution in [0, 0.1) is 17.1 Å². The van der Waals surface area contributed by atoms with E-state index in [2.05, 4.69) is 5.43 Å². The number of rotatable bonds is 2. The third-order valence-corrected chi connectivity index (χ3v) is 2.07. The van der Waals surface area contributed by atoms with Gasteiger partial charge in [0, 0.05) is 0 Å². The van der Waals surface area contributed by atoms with Crippen molar-refractivity contribution < 1.29 is 4.39 Å². The van der Waals surface area contributed by atoms with Crippen LogP contribution in [0.15, 0.2) is 23.9 Å². The first kappa shape index (κ1) is 11.3. The Kier molecular flexibility index (Phi) is 3.50. The van der Waals surface area contributed by atoms with Crippen LogP contribution in [0.3, 0.4) is 0 Å². The Morgan fingerprint density at radius 3 is 2.67 bits per heavy atom. The topological polar surface area (TPSA) is 87.9 Å². The molecule has 1 aromatic carbocycles. The highest BCUT2D eigenvalue weighted by Crippen LogP contribution is 2.24. The lowest BCUT2D eigenvalue weighted by atomic mass is 10.1.